The molecule has 0 saturated carbocycles. The van der Waals surface area contributed by atoms with Crippen molar-refractivity contribution in [1.29, 1.82) is 0 Å². The number of anilines is 1. The van der Waals surface area contributed by atoms with Crippen LogP contribution in [0.3, 0.4) is 0 Å². The number of carbonyl (C=O) groups excluding carboxylic acids is 2. The van der Waals surface area contributed by atoms with Gasteiger partial charge < -0.3 is 24.3 Å². The predicted octanol–water partition coefficient (Wildman–Crippen LogP) is 4.12. The van der Waals surface area contributed by atoms with E-state index in [1.54, 1.807) is 14.0 Å². The van der Waals surface area contributed by atoms with Crippen molar-refractivity contribution >= 4 is 28.2 Å². The van der Waals surface area contributed by atoms with E-state index in [9.17, 15) is 9.59 Å². The van der Waals surface area contributed by atoms with Crippen LogP contribution in [-0.4, -0.2) is 51.5 Å². The quantitative estimate of drug-likeness (QED) is 0.448. The Kier molecular flexibility index (Phi) is 8.24. The SMILES string of the molecule is CCOC(=O)c1c(-c2ccc(OC)cc2)csc1NC(=O)CCOCC1CCCO1. The molecule has 8 heteroatoms. The molecule has 1 unspecified atom stereocenters. The summed E-state index contributed by atoms with van der Waals surface area (Å²) in [7, 11) is 1.60. The zero-order chi connectivity index (χ0) is 21.3. The molecule has 1 saturated heterocycles. The maximum absolute atomic E-state index is 12.6. The first-order valence-electron chi connectivity index (χ1n) is 10.0. The van der Waals surface area contributed by atoms with Crippen molar-refractivity contribution in [2.75, 3.05) is 38.9 Å². The average Bonchev–Trinajstić information content (AvgIpc) is 3.41. The molecular formula is C22H27NO6S. The lowest BCUT2D eigenvalue weighted by Gasteiger charge is -2.11. The molecule has 1 aromatic heterocycles. The van der Waals surface area contributed by atoms with E-state index in [0.29, 0.717) is 29.3 Å². The molecule has 1 aliphatic rings. The monoisotopic (exact) mass is 433 g/mol. The third-order valence-corrected chi connectivity index (χ3v) is 5.62. The van der Waals surface area contributed by atoms with Crippen molar-refractivity contribution in [3.63, 3.8) is 0 Å². The smallest absolute Gasteiger partial charge is 0.341 e. The second-order valence-corrected chi connectivity index (χ2v) is 7.69. The Morgan fingerprint density at radius 2 is 2.07 bits per heavy atom. The molecule has 1 N–H and O–H groups in total. The number of benzene rings is 1. The highest BCUT2D eigenvalue weighted by atomic mass is 32.1. The largest absolute Gasteiger partial charge is 0.497 e. The lowest BCUT2D eigenvalue weighted by atomic mass is 10.0. The van der Waals surface area contributed by atoms with E-state index in [2.05, 4.69) is 5.32 Å². The summed E-state index contributed by atoms with van der Waals surface area (Å²) in [6.45, 7) is 3.58. The van der Waals surface area contributed by atoms with Crippen LogP contribution in [0.15, 0.2) is 29.6 Å². The summed E-state index contributed by atoms with van der Waals surface area (Å²) in [6.07, 6.45) is 2.39. The molecule has 1 atom stereocenters. The minimum Gasteiger partial charge on any atom is -0.497 e. The van der Waals surface area contributed by atoms with Gasteiger partial charge in [0.05, 0.1) is 39.5 Å². The van der Waals surface area contributed by atoms with Gasteiger partial charge in [-0.15, -0.1) is 11.3 Å². The van der Waals surface area contributed by atoms with Crippen molar-refractivity contribution in [3.8, 4) is 16.9 Å². The second kappa shape index (κ2) is 11.1. The van der Waals surface area contributed by atoms with Crippen LogP contribution in [0, 0.1) is 0 Å². The van der Waals surface area contributed by atoms with E-state index >= 15 is 0 Å². The number of amides is 1. The third kappa shape index (κ3) is 5.81. The summed E-state index contributed by atoms with van der Waals surface area (Å²) in [6, 6.07) is 7.39. The van der Waals surface area contributed by atoms with E-state index in [-0.39, 0.29) is 25.0 Å². The van der Waals surface area contributed by atoms with Gasteiger partial charge in [0.2, 0.25) is 5.91 Å². The second-order valence-electron chi connectivity index (χ2n) is 6.81. The number of nitrogens with one attached hydrogen (secondary N) is 1. The Bertz CT molecular complexity index is 842. The number of hydrogen-bond acceptors (Lipinski definition) is 7. The van der Waals surface area contributed by atoms with Crippen molar-refractivity contribution in [1.82, 2.24) is 0 Å². The number of rotatable bonds is 10. The molecule has 2 aromatic rings. The molecule has 0 spiro atoms. The highest BCUT2D eigenvalue weighted by molar-refractivity contribution is 7.15. The molecule has 30 heavy (non-hydrogen) atoms. The van der Waals surface area contributed by atoms with E-state index in [1.165, 1.54) is 11.3 Å². The van der Waals surface area contributed by atoms with Gasteiger partial charge in [0.15, 0.2) is 0 Å². The van der Waals surface area contributed by atoms with E-state index in [0.717, 1.165) is 30.8 Å². The van der Waals surface area contributed by atoms with E-state index in [1.807, 2.05) is 29.6 Å². The fraction of sp³-hybridized carbons (Fsp3) is 0.455. The van der Waals surface area contributed by atoms with Gasteiger partial charge >= 0.3 is 5.97 Å². The maximum atomic E-state index is 12.6. The zero-order valence-corrected chi connectivity index (χ0v) is 18.1. The highest BCUT2D eigenvalue weighted by Crippen LogP contribution is 2.37. The first-order chi connectivity index (χ1) is 14.6. The highest BCUT2D eigenvalue weighted by Gasteiger charge is 2.23. The first-order valence-corrected chi connectivity index (χ1v) is 10.9. The minimum atomic E-state index is -0.463. The molecule has 1 fully saturated rings. The van der Waals surface area contributed by atoms with Crippen LogP contribution in [-0.2, 0) is 19.0 Å². The molecule has 0 aliphatic carbocycles. The van der Waals surface area contributed by atoms with Crippen LogP contribution in [0.1, 0.15) is 36.5 Å². The Hall–Kier alpha value is -2.42. The molecule has 0 bridgehead atoms. The summed E-state index contributed by atoms with van der Waals surface area (Å²) in [5, 5.41) is 5.15. The van der Waals surface area contributed by atoms with Gasteiger partial charge in [-0.2, -0.15) is 0 Å². The molecule has 162 valence electrons. The summed E-state index contributed by atoms with van der Waals surface area (Å²) >= 11 is 1.30. The zero-order valence-electron chi connectivity index (χ0n) is 17.3. The fourth-order valence-electron chi connectivity index (χ4n) is 3.18. The van der Waals surface area contributed by atoms with Crippen molar-refractivity contribution in [3.05, 3.63) is 35.2 Å². The number of esters is 1. The van der Waals surface area contributed by atoms with Gasteiger partial charge in [-0.25, -0.2) is 4.79 Å². The van der Waals surface area contributed by atoms with E-state index < -0.39 is 5.97 Å². The van der Waals surface area contributed by atoms with Crippen LogP contribution >= 0.6 is 11.3 Å². The van der Waals surface area contributed by atoms with Crippen molar-refractivity contribution in [2.45, 2.75) is 32.3 Å². The number of carbonyl (C=O) groups is 2. The summed E-state index contributed by atoms with van der Waals surface area (Å²) < 4.78 is 21.5. The minimum absolute atomic E-state index is 0.132. The Morgan fingerprint density at radius 3 is 2.73 bits per heavy atom. The molecule has 1 aliphatic heterocycles. The van der Waals surface area contributed by atoms with Gasteiger partial charge in [-0.1, -0.05) is 12.1 Å². The van der Waals surface area contributed by atoms with Gasteiger partial charge in [0.25, 0.3) is 0 Å². The molecule has 2 heterocycles. The van der Waals surface area contributed by atoms with Gasteiger partial charge in [-0.3, -0.25) is 4.79 Å². The standard InChI is InChI=1S/C22H27NO6S/c1-3-28-22(25)20-18(15-6-8-16(26-2)9-7-15)14-30-21(20)23-19(24)10-12-27-13-17-5-4-11-29-17/h6-9,14,17H,3-5,10-13H2,1-2H3,(H,23,24). The number of ether oxygens (including phenoxy) is 4. The van der Waals surface area contributed by atoms with Crippen molar-refractivity contribution in [2.24, 2.45) is 0 Å². The predicted molar refractivity (Wildman–Crippen MR) is 115 cm³/mol. The van der Waals surface area contributed by atoms with E-state index in [4.69, 9.17) is 18.9 Å². The van der Waals surface area contributed by atoms with Crippen LogP contribution in [0.4, 0.5) is 5.00 Å². The summed E-state index contributed by atoms with van der Waals surface area (Å²) in [5.74, 6) is 0.0497. The normalized spacial score (nSPS) is 15.7. The Labute approximate surface area is 180 Å². The van der Waals surface area contributed by atoms with Crippen LogP contribution < -0.4 is 10.1 Å². The third-order valence-electron chi connectivity index (χ3n) is 4.73. The summed E-state index contributed by atoms with van der Waals surface area (Å²) in [4.78, 5) is 25.0. The lowest BCUT2D eigenvalue weighted by molar-refractivity contribution is -0.117. The number of thiophene rings is 1. The molecule has 1 amide bonds. The van der Waals surface area contributed by atoms with Crippen molar-refractivity contribution < 1.29 is 28.5 Å². The lowest BCUT2D eigenvalue weighted by Crippen LogP contribution is -2.19. The molecule has 7 nitrogen and oxygen atoms in total. The fourth-order valence-corrected chi connectivity index (χ4v) is 4.16. The maximum Gasteiger partial charge on any atom is 0.341 e. The number of hydrogen-bond donors (Lipinski definition) is 1. The topological polar surface area (TPSA) is 83.1 Å². The average molecular weight is 434 g/mol. The molecule has 1 aromatic carbocycles. The van der Waals surface area contributed by atoms with Crippen LogP contribution in [0.5, 0.6) is 5.75 Å². The molecular weight excluding hydrogens is 406 g/mol. The van der Waals surface area contributed by atoms with Gasteiger partial charge in [0, 0.05) is 17.6 Å². The molecule has 0 radical (unpaired) electrons. The molecule has 3 rings (SSSR count). The van der Waals surface area contributed by atoms with Gasteiger partial charge in [-0.05, 0) is 37.5 Å². The first kappa shape index (κ1) is 22.3. The van der Waals surface area contributed by atoms with Gasteiger partial charge in [0.1, 0.15) is 16.3 Å². The van der Waals surface area contributed by atoms with Crippen LogP contribution in [0.25, 0.3) is 11.1 Å². The summed E-state index contributed by atoms with van der Waals surface area (Å²) in [5.41, 5.74) is 1.92. The van der Waals surface area contributed by atoms with Crippen LogP contribution in [0.2, 0.25) is 0 Å². The Balaban J connectivity index is 1.66. The number of methoxy groups -OCH3 is 1. The Morgan fingerprint density at radius 1 is 1.27 bits per heavy atom.